The summed E-state index contributed by atoms with van der Waals surface area (Å²) in [5.74, 6) is -2.61. The highest BCUT2D eigenvalue weighted by Crippen LogP contribution is 2.63. The van der Waals surface area contributed by atoms with Crippen molar-refractivity contribution < 1.29 is 42.6 Å². The number of unbranched alkanes of at least 4 members (excludes halogenated alkanes) is 5. The Hall–Kier alpha value is -5.24. The summed E-state index contributed by atoms with van der Waals surface area (Å²) in [5.41, 5.74) is 1.21. The number of fused-ring (bicyclic) bond motifs is 3. The predicted octanol–water partition coefficient (Wildman–Crippen LogP) is 10.5. The van der Waals surface area contributed by atoms with Crippen molar-refractivity contribution >= 4 is 69.8 Å². The van der Waals surface area contributed by atoms with Crippen LogP contribution in [0.25, 0.3) is 10.4 Å². The molecule has 15 nitrogen and oxygen atoms in total. The van der Waals surface area contributed by atoms with Crippen LogP contribution in [0, 0.1) is 24.1 Å². The number of aliphatic hydroxyl groups excluding tert-OH is 1. The van der Waals surface area contributed by atoms with Gasteiger partial charge in [0.1, 0.15) is 29.1 Å². The van der Waals surface area contributed by atoms with Gasteiger partial charge in [-0.05, 0) is 137 Å². The molecular weight excluding hydrogens is 1130 g/mol. The van der Waals surface area contributed by atoms with Crippen LogP contribution in [0.3, 0.4) is 0 Å². The number of hydrogen-bond acceptors (Lipinski definition) is 11. The predicted molar refractivity (Wildman–Crippen MR) is 323 cm³/mol. The van der Waals surface area contributed by atoms with Gasteiger partial charge in [0.15, 0.2) is 5.67 Å². The summed E-state index contributed by atoms with van der Waals surface area (Å²) in [7, 11) is 0. The Morgan fingerprint density at radius 3 is 2.38 bits per heavy atom. The van der Waals surface area contributed by atoms with Crippen molar-refractivity contribution in [2.24, 2.45) is 11.3 Å². The van der Waals surface area contributed by atoms with Crippen LogP contribution >= 0.6 is 34.5 Å². The molecule has 0 unspecified atom stereocenters. The summed E-state index contributed by atoms with van der Waals surface area (Å²) in [4.78, 5) is 76.8. The third-order valence-corrected chi connectivity index (χ3v) is 20.3. The van der Waals surface area contributed by atoms with Crippen LogP contribution in [0.15, 0.2) is 60.1 Å². The van der Waals surface area contributed by atoms with E-state index >= 15 is 4.39 Å². The highest BCUT2D eigenvalue weighted by molar-refractivity contribution is 7.13. The normalized spacial score (nSPS) is 25.3. The van der Waals surface area contributed by atoms with E-state index < -0.39 is 75.7 Å². The van der Waals surface area contributed by atoms with Gasteiger partial charge in [-0.1, -0.05) is 119 Å². The monoisotopic (exact) mass is 1210 g/mol. The molecule has 3 aliphatic heterocycles. The zero-order valence-electron chi connectivity index (χ0n) is 48.8. The number of likely N-dealkylation sites (tertiary alicyclic amines) is 1. The Bertz CT molecular complexity index is 3070. The third kappa shape index (κ3) is 12.9. The maximum atomic E-state index is 16.4. The molecule has 84 heavy (non-hydrogen) atoms. The second kappa shape index (κ2) is 26.0. The minimum absolute atomic E-state index is 0.0321. The molecule has 2 spiro atoms. The van der Waals surface area contributed by atoms with Crippen molar-refractivity contribution in [3.63, 3.8) is 0 Å². The molecule has 3 aromatic carbocycles. The van der Waals surface area contributed by atoms with E-state index in [1.807, 2.05) is 36.7 Å². The first kappa shape index (κ1) is 61.8. The number of β-amino-alcohol motifs (C(OH)–C–C–N with tert-alkyl or cyclic N) is 1. The number of alkyl halides is 1. The molecule has 4 aromatic rings. The van der Waals surface area contributed by atoms with E-state index in [-0.39, 0.29) is 60.8 Å². The van der Waals surface area contributed by atoms with E-state index in [0.717, 1.165) is 124 Å². The minimum atomic E-state index is -1.97. The van der Waals surface area contributed by atoms with Gasteiger partial charge in [-0.25, -0.2) is 13.8 Å². The number of amides is 5. The van der Waals surface area contributed by atoms with Crippen LogP contribution in [-0.2, 0) is 35.9 Å². The number of aliphatic hydroxyl groups is 1. The van der Waals surface area contributed by atoms with Crippen molar-refractivity contribution in [3.05, 3.63) is 98.4 Å². The number of aryl methyl sites for hydroxylation is 1. The summed E-state index contributed by atoms with van der Waals surface area (Å²) >= 11 is 14.4. The highest BCUT2D eigenvalue weighted by Gasteiger charge is 2.72. The summed E-state index contributed by atoms with van der Waals surface area (Å²) in [6, 6.07) is 13.2. The lowest BCUT2D eigenvalue weighted by Gasteiger charge is -2.47. The number of aromatic nitrogens is 1. The molecule has 7 N–H and O–H groups in total. The second-order valence-electron chi connectivity index (χ2n) is 25.7. The number of thiazole rings is 1. The van der Waals surface area contributed by atoms with Gasteiger partial charge < -0.3 is 41.3 Å². The van der Waals surface area contributed by atoms with Crippen molar-refractivity contribution in [1.29, 1.82) is 0 Å². The molecule has 10 rings (SSSR count). The Morgan fingerprint density at radius 1 is 0.929 bits per heavy atom. The number of rotatable bonds is 22. The zero-order chi connectivity index (χ0) is 59.6. The number of halogens is 4. The molecular formula is C64H82Cl2F2N8O7S. The number of benzene rings is 3. The second-order valence-corrected chi connectivity index (χ2v) is 27.4. The molecule has 3 saturated carbocycles. The maximum Gasteiger partial charge on any atom is 0.258 e. The van der Waals surface area contributed by atoms with Gasteiger partial charge in [0.05, 0.1) is 39.9 Å². The lowest BCUT2D eigenvalue weighted by Crippen LogP contribution is -2.60. The average Bonchev–Trinajstić information content (AvgIpc) is 1.51. The molecule has 4 heterocycles. The molecule has 5 amide bonds. The van der Waals surface area contributed by atoms with Crippen LogP contribution in [-0.4, -0.2) is 112 Å². The molecule has 454 valence electrons. The van der Waals surface area contributed by atoms with Gasteiger partial charge in [-0.2, -0.15) is 0 Å². The topological polar surface area (TPSA) is 203 Å². The van der Waals surface area contributed by atoms with Gasteiger partial charge in [0.2, 0.25) is 23.6 Å². The van der Waals surface area contributed by atoms with Crippen LogP contribution in [0.4, 0.5) is 14.5 Å². The Morgan fingerprint density at radius 2 is 1.67 bits per heavy atom. The molecule has 6 atom stereocenters. The Kier molecular flexibility index (Phi) is 19.1. The lowest BCUT2D eigenvalue weighted by molar-refractivity contribution is -0.145. The average molecular weight is 1220 g/mol. The molecule has 2 saturated heterocycles. The Labute approximate surface area is 506 Å². The molecule has 1 aromatic heterocycles. The van der Waals surface area contributed by atoms with Crippen molar-refractivity contribution in [3.8, 4) is 16.2 Å². The van der Waals surface area contributed by atoms with Crippen molar-refractivity contribution in [2.75, 3.05) is 31.6 Å². The molecule has 6 aliphatic rings. The number of ether oxygens (including phenoxy) is 1. The first-order chi connectivity index (χ1) is 40.2. The largest absolute Gasteiger partial charge is 0.493 e. The van der Waals surface area contributed by atoms with E-state index in [4.69, 9.17) is 27.9 Å². The minimum Gasteiger partial charge on any atom is -0.493 e. The highest BCUT2D eigenvalue weighted by atomic mass is 35.5. The van der Waals surface area contributed by atoms with Gasteiger partial charge in [-0.3, -0.25) is 29.3 Å². The van der Waals surface area contributed by atoms with Gasteiger partial charge >= 0.3 is 0 Å². The number of nitrogens with one attached hydrogen (secondary N) is 6. The van der Waals surface area contributed by atoms with E-state index in [1.54, 1.807) is 56.4 Å². The van der Waals surface area contributed by atoms with Gasteiger partial charge in [0.25, 0.3) is 5.91 Å². The van der Waals surface area contributed by atoms with E-state index in [1.165, 1.54) is 11.0 Å². The first-order valence-corrected chi connectivity index (χ1v) is 32.1. The van der Waals surface area contributed by atoms with E-state index in [0.29, 0.717) is 41.8 Å². The summed E-state index contributed by atoms with van der Waals surface area (Å²) in [6.07, 6.45) is 13.2. The fraction of sp³-hybridized carbons (Fsp3) is 0.594. The maximum absolute atomic E-state index is 16.4. The lowest BCUT2D eigenvalue weighted by atomic mass is 9.55. The van der Waals surface area contributed by atoms with E-state index in [2.05, 4.69) is 36.9 Å². The van der Waals surface area contributed by atoms with Gasteiger partial charge in [0, 0.05) is 53.3 Å². The van der Waals surface area contributed by atoms with Crippen LogP contribution in [0.1, 0.15) is 165 Å². The smallest absolute Gasteiger partial charge is 0.258 e. The summed E-state index contributed by atoms with van der Waals surface area (Å²) in [5, 5.41) is 30.6. The van der Waals surface area contributed by atoms with Crippen LogP contribution in [0.5, 0.6) is 5.75 Å². The summed E-state index contributed by atoms with van der Waals surface area (Å²) < 4.78 is 37.5. The molecule has 5 fully saturated rings. The van der Waals surface area contributed by atoms with Crippen LogP contribution < -0.4 is 36.6 Å². The zero-order valence-corrected chi connectivity index (χ0v) is 51.1. The molecule has 0 radical (unpaired) electrons. The van der Waals surface area contributed by atoms with Crippen molar-refractivity contribution in [2.45, 2.75) is 203 Å². The first-order valence-electron chi connectivity index (χ1n) is 30.5. The van der Waals surface area contributed by atoms with Crippen molar-refractivity contribution in [1.82, 2.24) is 36.5 Å². The molecule has 20 heteroatoms. The quantitative estimate of drug-likeness (QED) is 0.0371. The standard InChI is InChI=1S/C64H82Cl2F2N8O7S/c1-38-54(84-37-71-38)40-19-20-41(35-70-56(78)49-33-44(77)36-76(49)58(80)55(61(2,3)4)74-59(81)62(68)27-28-62)50(31-40)83-30-13-8-6-5-7-12-29-69-34-39-17-22-43(23-18-39)72-57(79)53-51(45-15-14-16-47(66)52(45)67)64(63(75-53)25-10-9-11-26-63)46-24-21-42(65)32-48(46)73-60(64)82/h14-16,19-21,24,31-32,37,39,43-44,49,51,53,55,69,75,77H,5-13,17-18,22-23,25-30,33-36H2,1-4H3,(H,70,78)(H,72,79)(H,73,82)(H,74,81)/t39?,43?,44-,49+,51+,53-,55-,64-/m1/s1. The number of carbonyl (C=O) groups excluding carboxylic acids is 5. The summed E-state index contributed by atoms with van der Waals surface area (Å²) in [6.45, 7) is 9.65. The third-order valence-electron chi connectivity index (χ3n) is 18.8. The molecule has 3 aliphatic carbocycles. The van der Waals surface area contributed by atoms with Crippen LogP contribution in [0.2, 0.25) is 10.0 Å². The Balaban J connectivity index is 0.658. The van der Waals surface area contributed by atoms with Gasteiger partial charge in [-0.15, -0.1) is 11.3 Å². The number of anilines is 1. The number of carbonyl (C=O) groups is 5. The SMILES string of the molecule is Cc1ncsc1-c1ccc(CNC(=O)[C@@H]2C[C@@H](O)CN2C(=O)[C@@H](NC(=O)C2(F)CC2)C(C)(C)C)c(OCCCCCCCCNCC2CCC(NC(=O)[C@@H]3NC4(CCCCC4)[C@@]4(C(=O)Nc5cc(Cl)ccc54)[C@H]3c3cccc(Cl)c3F)CC2)c1. The fourth-order valence-electron chi connectivity index (χ4n) is 14.1. The van der Waals surface area contributed by atoms with E-state index in [9.17, 15) is 33.5 Å². The number of nitrogens with zero attached hydrogens (tertiary/aromatic N) is 2. The fourth-order valence-corrected chi connectivity index (χ4v) is 15.3. The number of hydrogen-bond donors (Lipinski definition) is 7. The molecule has 0 bridgehead atoms.